The van der Waals surface area contributed by atoms with Gasteiger partial charge in [0, 0.05) is 17.0 Å². The highest BCUT2D eigenvalue weighted by molar-refractivity contribution is 5.56. The Hall–Kier alpha value is -1.25. The summed E-state index contributed by atoms with van der Waals surface area (Å²) >= 11 is 0. The predicted octanol–water partition coefficient (Wildman–Crippen LogP) is 3.21. The Balaban J connectivity index is 2.21. The maximum absolute atomic E-state index is 13.8. The second-order valence-electron chi connectivity index (χ2n) is 4.71. The molecular formula is C13H15FO2. The van der Waals surface area contributed by atoms with Crippen LogP contribution in [-0.2, 0) is 0 Å². The Kier molecular flexibility index (Phi) is 2.09. The molecule has 0 bridgehead atoms. The quantitative estimate of drug-likeness (QED) is 0.765. The van der Waals surface area contributed by atoms with E-state index in [1.165, 1.54) is 0 Å². The number of fused-ring (bicyclic) bond motifs is 1. The van der Waals surface area contributed by atoms with Crippen molar-refractivity contribution in [3.63, 3.8) is 0 Å². The summed E-state index contributed by atoms with van der Waals surface area (Å²) in [7, 11) is 1.66. The Bertz CT molecular complexity index is 438. The van der Waals surface area contributed by atoms with Crippen molar-refractivity contribution in [2.45, 2.75) is 31.6 Å². The average Bonchev–Trinajstić information content (AvgIpc) is 3.04. The van der Waals surface area contributed by atoms with Crippen LogP contribution in [-0.4, -0.2) is 13.7 Å². The Morgan fingerprint density at radius 2 is 2.19 bits per heavy atom. The van der Waals surface area contributed by atoms with Crippen LogP contribution in [0.25, 0.3) is 0 Å². The van der Waals surface area contributed by atoms with Crippen LogP contribution >= 0.6 is 0 Å². The van der Waals surface area contributed by atoms with Gasteiger partial charge in [-0.2, -0.15) is 0 Å². The molecule has 1 fully saturated rings. The molecule has 3 rings (SSSR count). The van der Waals surface area contributed by atoms with Crippen LogP contribution in [0.1, 0.15) is 42.7 Å². The van der Waals surface area contributed by atoms with Crippen molar-refractivity contribution >= 4 is 0 Å². The SMILES string of the molecule is COc1c(C2CC2)cc(F)c2c1C(C)CO2. The van der Waals surface area contributed by atoms with E-state index in [2.05, 4.69) is 0 Å². The molecule has 1 aromatic carbocycles. The predicted molar refractivity (Wildman–Crippen MR) is 58.8 cm³/mol. The number of ether oxygens (including phenoxy) is 2. The highest BCUT2D eigenvalue weighted by Crippen LogP contribution is 2.51. The van der Waals surface area contributed by atoms with Crippen LogP contribution in [0.5, 0.6) is 11.5 Å². The van der Waals surface area contributed by atoms with Crippen LogP contribution in [0.3, 0.4) is 0 Å². The third-order valence-corrected chi connectivity index (χ3v) is 3.44. The topological polar surface area (TPSA) is 18.5 Å². The lowest BCUT2D eigenvalue weighted by Crippen LogP contribution is -1.99. The molecule has 0 aromatic heterocycles. The van der Waals surface area contributed by atoms with Crippen molar-refractivity contribution in [2.24, 2.45) is 0 Å². The third kappa shape index (κ3) is 1.30. The number of halogens is 1. The Morgan fingerprint density at radius 1 is 1.44 bits per heavy atom. The molecule has 1 aliphatic heterocycles. The van der Waals surface area contributed by atoms with Crippen LogP contribution in [0.4, 0.5) is 4.39 Å². The first kappa shape index (κ1) is 9.94. The summed E-state index contributed by atoms with van der Waals surface area (Å²) in [5.74, 6) is 1.72. The minimum atomic E-state index is -0.234. The highest BCUT2D eigenvalue weighted by Gasteiger charge is 2.35. The van der Waals surface area contributed by atoms with E-state index in [0.29, 0.717) is 18.3 Å². The van der Waals surface area contributed by atoms with E-state index in [1.54, 1.807) is 13.2 Å². The molecule has 1 saturated carbocycles. The zero-order valence-corrected chi connectivity index (χ0v) is 9.55. The molecule has 2 aliphatic rings. The summed E-state index contributed by atoms with van der Waals surface area (Å²) in [5.41, 5.74) is 1.94. The van der Waals surface area contributed by atoms with Crippen molar-refractivity contribution in [2.75, 3.05) is 13.7 Å². The third-order valence-electron chi connectivity index (χ3n) is 3.44. The summed E-state index contributed by atoms with van der Waals surface area (Å²) < 4.78 is 24.7. The monoisotopic (exact) mass is 222 g/mol. The molecule has 0 saturated heterocycles. The molecule has 86 valence electrons. The molecular weight excluding hydrogens is 207 g/mol. The van der Waals surface area contributed by atoms with Crippen molar-refractivity contribution in [3.8, 4) is 11.5 Å². The fourth-order valence-electron chi connectivity index (χ4n) is 2.47. The molecule has 2 nitrogen and oxygen atoms in total. The van der Waals surface area contributed by atoms with Gasteiger partial charge in [0.15, 0.2) is 11.6 Å². The van der Waals surface area contributed by atoms with E-state index in [0.717, 1.165) is 29.7 Å². The van der Waals surface area contributed by atoms with E-state index >= 15 is 0 Å². The van der Waals surface area contributed by atoms with Crippen molar-refractivity contribution in [3.05, 3.63) is 23.0 Å². The van der Waals surface area contributed by atoms with Gasteiger partial charge in [0.25, 0.3) is 0 Å². The second-order valence-corrected chi connectivity index (χ2v) is 4.71. The molecule has 3 heteroatoms. The summed E-state index contributed by atoms with van der Waals surface area (Å²) in [5, 5.41) is 0. The lowest BCUT2D eigenvalue weighted by molar-refractivity contribution is 0.322. The standard InChI is InChI=1S/C13H15FO2/c1-7-6-16-13-10(14)5-9(8-3-4-8)12(15-2)11(7)13/h5,7-8H,3-4,6H2,1-2H3. The molecule has 1 aromatic rings. The largest absolute Gasteiger partial charge is 0.496 e. The van der Waals surface area contributed by atoms with Gasteiger partial charge in [-0.1, -0.05) is 6.92 Å². The van der Waals surface area contributed by atoms with Crippen molar-refractivity contribution in [1.82, 2.24) is 0 Å². The molecule has 1 atom stereocenters. The smallest absolute Gasteiger partial charge is 0.165 e. The van der Waals surface area contributed by atoms with Crippen LogP contribution in [0.15, 0.2) is 6.07 Å². The lowest BCUT2D eigenvalue weighted by Gasteiger charge is -2.14. The minimum absolute atomic E-state index is 0.221. The zero-order valence-electron chi connectivity index (χ0n) is 9.55. The maximum Gasteiger partial charge on any atom is 0.165 e. The van der Waals surface area contributed by atoms with E-state index in [-0.39, 0.29) is 11.7 Å². The number of benzene rings is 1. The second kappa shape index (κ2) is 3.37. The molecule has 0 amide bonds. The Morgan fingerprint density at radius 3 is 2.81 bits per heavy atom. The van der Waals surface area contributed by atoms with Gasteiger partial charge < -0.3 is 9.47 Å². The van der Waals surface area contributed by atoms with Gasteiger partial charge in [-0.25, -0.2) is 4.39 Å². The number of hydrogen-bond donors (Lipinski definition) is 0. The first-order valence-corrected chi connectivity index (χ1v) is 5.75. The number of rotatable bonds is 2. The average molecular weight is 222 g/mol. The van der Waals surface area contributed by atoms with Crippen molar-refractivity contribution in [1.29, 1.82) is 0 Å². The van der Waals surface area contributed by atoms with E-state index < -0.39 is 0 Å². The van der Waals surface area contributed by atoms with Gasteiger partial charge in [0.1, 0.15) is 5.75 Å². The number of methoxy groups -OCH3 is 1. The van der Waals surface area contributed by atoms with Gasteiger partial charge in [0.05, 0.1) is 13.7 Å². The molecule has 16 heavy (non-hydrogen) atoms. The van der Waals surface area contributed by atoms with Gasteiger partial charge in [-0.3, -0.25) is 0 Å². The van der Waals surface area contributed by atoms with Gasteiger partial charge in [-0.05, 0) is 24.8 Å². The van der Waals surface area contributed by atoms with Gasteiger partial charge in [-0.15, -0.1) is 0 Å². The summed E-state index contributed by atoms with van der Waals surface area (Å²) in [6.45, 7) is 2.60. The van der Waals surface area contributed by atoms with E-state index in [4.69, 9.17) is 9.47 Å². The first-order chi connectivity index (χ1) is 7.72. The minimum Gasteiger partial charge on any atom is -0.496 e. The van der Waals surface area contributed by atoms with Gasteiger partial charge in [0.2, 0.25) is 0 Å². The fraction of sp³-hybridized carbons (Fsp3) is 0.538. The first-order valence-electron chi connectivity index (χ1n) is 5.75. The normalized spacial score (nSPS) is 22.8. The zero-order chi connectivity index (χ0) is 11.3. The molecule has 1 unspecified atom stereocenters. The summed E-state index contributed by atoms with van der Waals surface area (Å²) in [6, 6.07) is 1.59. The fourth-order valence-corrected chi connectivity index (χ4v) is 2.47. The van der Waals surface area contributed by atoms with Crippen LogP contribution in [0, 0.1) is 5.82 Å². The summed E-state index contributed by atoms with van der Waals surface area (Å²) in [6.07, 6.45) is 2.29. The van der Waals surface area contributed by atoms with Gasteiger partial charge >= 0.3 is 0 Å². The molecule has 0 N–H and O–H groups in total. The van der Waals surface area contributed by atoms with Crippen LogP contribution in [0.2, 0.25) is 0 Å². The molecule has 1 aliphatic carbocycles. The molecule has 1 heterocycles. The Labute approximate surface area is 94.4 Å². The number of hydrogen-bond acceptors (Lipinski definition) is 2. The van der Waals surface area contributed by atoms with E-state index in [1.807, 2.05) is 6.92 Å². The highest BCUT2D eigenvalue weighted by atomic mass is 19.1. The molecule has 0 radical (unpaired) electrons. The maximum atomic E-state index is 13.8. The lowest BCUT2D eigenvalue weighted by atomic mass is 9.97. The summed E-state index contributed by atoms with van der Waals surface area (Å²) in [4.78, 5) is 0. The van der Waals surface area contributed by atoms with Crippen molar-refractivity contribution < 1.29 is 13.9 Å². The van der Waals surface area contributed by atoms with Crippen LogP contribution < -0.4 is 9.47 Å². The molecule has 0 spiro atoms. The van der Waals surface area contributed by atoms with E-state index in [9.17, 15) is 4.39 Å².